The molecule has 4 heteroatoms. The highest BCUT2D eigenvalue weighted by Gasteiger charge is 2.23. The molecule has 1 aromatic heterocycles. The average Bonchev–Trinajstić information content (AvgIpc) is 2.69. The highest BCUT2D eigenvalue weighted by atomic mass is 32.1. The number of nitrogens with zero attached hydrogens (tertiary/aromatic N) is 1. The summed E-state index contributed by atoms with van der Waals surface area (Å²) in [5.41, 5.74) is 2.19. The Bertz CT molecular complexity index is 584. The van der Waals surface area contributed by atoms with Gasteiger partial charge in [-0.25, -0.2) is 4.98 Å². The van der Waals surface area contributed by atoms with Crippen molar-refractivity contribution in [1.82, 2.24) is 4.98 Å². The minimum absolute atomic E-state index is 0.0286. The number of para-hydroxylation sites is 1. The number of nitrogens with one attached hydrogen (secondary N) is 1. The minimum atomic E-state index is 0.0286. The van der Waals surface area contributed by atoms with Gasteiger partial charge in [0.1, 0.15) is 12.4 Å². The maximum absolute atomic E-state index is 5.74. The molecule has 0 unspecified atom stereocenters. The molecule has 0 amide bonds. The molecule has 18 heavy (non-hydrogen) atoms. The van der Waals surface area contributed by atoms with Crippen LogP contribution in [0.5, 0.6) is 5.75 Å². The van der Waals surface area contributed by atoms with Crippen molar-refractivity contribution in [3.63, 3.8) is 0 Å². The number of anilines is 1. The van der Waals surface area contributed by atoms with Gasteiger partial charge in [-0.2, -0.15) is 0 Å². The van der Waals surface area contributed by atoms with E-state index in [1.54, 1.807) is 11.3 Å². The molecule has 0 fully saturated rings. The van der Waals surface area contributed by atoms with E-state index in [1.807, 2.05) is 18.2 Å². The number of aromatic nitrogens is 1. The Morgan fingerprint density at radius 2 is 2.06 bits per heavy atom. The van der Waals surface area contributed by atoms with Crippen LogP contribution in [-0.4, -0.2) is 10.5 Å². The van der Waals surface area contributed by atoms with Crippen molar-refractivity contribution in [2.24, 2.45) is 0 Å². The third-order valence-electron chi connectivity index (χ3n) is 2.68. The van der Waals surface area contributed by atoms with Gasteiger partial charge in [0.2, 0.25) is 0 Å². The molecule has 1 aliphatic rings. The first-order valence-corrected chi connectivity index (χ1v) is 6.85. The smallest absolute Gasteiger partial charge is 0.184 e. The van der Waals surface area contributed by atoms with E-state index in [-0.39, 0.29) is 5.54 Å². The molecular weight excluding hydrogens is 244 g/mol. The van der Waals surface area contributed by atoms with Crippen LogP contribution in [0.15, 0.2) is 24.3 Å². The number of fused-ring (bicyclic) bond motifs is 3. The number of hydrogen-bond acceptors (Lipinski definition) is 4. The molecule has 94 valence electrons. The van der Waals surface area contributed by atoms with E-state index in [2.05, 4.69) is 32.2 Å². The lowest BCUT2D eigenvalue weighted by atomic mass is 10.1. The third-order valence-corrected chi connectivity index (χ3v) is 3.62. The molecule has 0 atom stereocenters. The van der Waals surface area contributed by atoms with Crippen molar-refractivity contribution < 1.29 is 4.74 Å². The molecule has 0 saturated heterocycles. The summed E-state index contributed by atoms with van der Waals surface area (Å²) in [4.78, 5) is 5.90. The van der Waals surface area contributed by atoms with Crippen molar-refractivity contribution >= 4 is 16.5 Å². The largest absolute Gasteiger partial charge is 0.487 e. The predicted octanol–water partition coefficient (Wildman–Crippen LogP) is 3.91. The van der Waals surface area contributed by atoms with Crippen LogP contribution in [0.1, 0.15) is 25.6 Å². The fourth-order valence-electron chi connectivity index (χ4n) is 1.97. The van der Waals surface area contributed by atoms with Gasteiger partial charge in [-0.15, -0.1) is 0 Å². The van der Waals surface area contributed by atoms with Crippen molar-refractivity contribution in [3.05, 3.63) is 29.1 Å². The number of thiazole rings is 1. The Balaban J connectivity index is 2.02. The Hall–Kier alpha value is -1.55. The van der Waals surface area contributed by atoms with Crippen molar-refractivity contribution in [2.75, 3.05) is 5.32 Å². The zero-order valence-corrected chi connectivity index (χ0v) is 11.6. The lowest BCUT2D eigenvalue weighted by molar-refractivity contribution is 0.305. The van der Waals surface area contributed by atoms with E-state index in [4.69, 9.17) is 9.72 Å². The lowest BCUT2D eigenvalue weighted by Gasteiger charge is -2.19. The van der Waals surface area contributed by atoms with Gasteiger partial charge in [0.25, 0.3) is 0 Å². The van der Waals surface area contributed by atoms with Gasteiger partial charge >= 0.3 is 0 Å². The normalized spacial score (nSPS) is 13.5. The molecule has 3 nitrogen and oxygen atoms in total. The van der Waals surface area contributed by atoms with Crippen LogP contribution in [0.4, 0.5) is 5.13 Å². The Morgan fingerprint density at radius 3 is 2.83 bits per heavy atom. The summed E-state index contributed by atoms with van der Waals surface area (Å²) in [6, 6.07) is 8.07. The molecule has 1 aliphatic heterocycles. The van der Waals surface area contributed by atoms with Crippen molar-refractivity contribution in [3.8, 4) is 17.0 Å². The molecule has 1 N–H and O–H groups in total. The van der Waals surface area contributed by atoms with E-state index in [0.29, 0.717) is 6.61 Å². The van der Waals surface area contributed by atoms with E-state index >= 15 is 0 Å². The Morgan fingerprint density at radius 1 is 1.28 bits per heavy atom. The maximum Gasteiger partial charge on any atom is 0.184 e. The van der Waals surface area contributed by atoms with Gasteiger partial charge in [-0.1, -0.05) is 23.5 Å². The SMILES string of the molecule is CC(C)(C)Nc1nc2c(s1)COc1ccccc1-2. The lowest BCUT2D eigenvalue weighted by Crippen LogP contribution is -2.25. The van der Waals surface area contributed by atoms with E-state index < -0.39 is 0 Å². The van der Waals surface area contributed by atoms with Crippen LogP contribution in [-0.2, 0) is 6.61 Å². The van der Waals surface area contributed by atoms with E-state index in [0.717, 1.165) is 22.1 Å². The number of hydrogen-bond donors (Lipinski definition) is 1. The van der Waals surface area contributed by atoms with Crippen molar-refractivity contribution in [1.29, 1.82) is 0 Å². The third kappa shape index (κ3) is 2.08. The second-order valence-electron chi connectivity index (χ2n) is 5.45. The minimum Gasteiger partial charge on any atom is -0.487 e. The fourth-order valence-corrected chi connectivity index (χ4v) is 3.06. The second kappa shape index (κ2) is 3.99. The zero-order chi connectivity index (χ0) is 12.8. The molecule has 2 aromatic rings. The van der Waals surface area contributed by atoms with Crippen LogP contribution in [0.2, 0.25) is 0 Å². The summed E-state index contributed by atoms with van der Waals surface area (Å²) in [6.07, 6.45) is 0. The highest BCUT2D eigenvalue weighted by Crippen LogP contribution is 2.41. The van der Waals surface area contributed by atoms with Crippen LogP contribution < -0.4 is 10.1 Å². The van der Waals surface area contributed by atoms with Gasteiger partial charge < -0.3 is 10.1 Å². The summed E-state index contributed by atoms with van der Waals surface area (Å²) < 4.78 is 5.74. The van der Waals surface area contributed by atoms with Crippen LogP contribution >= 0.6 is 11.3 Å². The van der Waals surface area contributed by atoms with Crippen LogP contribution in [0.3, 0.4) is 0 Å². The zero-order valence-electron chi connectivity index (χ0n) is 10.8. The van der Waals surface area contributed by atoms with Crippen molar-refractivity contribution in [2.45, 2.75) is 32.9 Å². The van der Waals surface area contributed by atoms with E-state index in [9.17, 15) is 0 Å². The molecule has 0 spiro atoms. The predicted molar refractivity (Wildman–Crippen MR) is 75.3 cm³/mol. The topological polar surface area (TPSA) is 34.2 Å². The van der Waals surface area contributed by atoms with Crippen LogP contribution in [0, 0.1) is 0 Å². The molecular formula is C14H16N2OS. The summed E-state index contributed by atoms with van der Waals surface area (Å²) in [7, 11) is 0. The first-order valence-electron chi connectivity index (χ1n) is 6.03. The number of benzene rings is 1. The second-order valence-corrected chi connectivity index (χ2v) is 6.53. The summed E-state index contributed by atoms with van der Waals surface area (Å²) in [5.74, 6) is 0.928. The van der Waals surface area contributed by atoms with Gasteiger partial charge in [-0.05, 0) is 32.9 Å². The maximum atomic E-state index is 5.74. The van der Waals surface area contributed by atoms with E-state index in [1.165, 1.54) is 4.88 Å². The Kier molecular flexibility index (Phi) is 2.55. The molecule has 1 aromatic carbocycles. The molecule has 0 radical (unpaired) electrons. The molecule has 0 aliphatic carbocycles. The molecule has 3 rings (SSSR count). The van der Waals surface area contributed by atoms with Gasteiger partial charge in [0.15, 0.2) is 5.13 Å². The first kappa shape index (κ1) is 11.5. The summed E-state index contributed by atoms with van der Waals surface area (Å²) in [5, 5.41) is 4.39. The van der Waals surface area contributed by atoms with Gasteiger partial charge in [0.05, 0.1) is 10.6 Å². The molecule has 0 bridgehead atoms. The van der Waals surface area contributed by atoms with Crippen LogP contribution in [0.25, 0.3) is 11.3 Å². The molecule has 0 saturated carbocycles. The number of rotatable bonds is 1. The summed E-state index contributed by atoms with van der Waals surface area (Å²) in [6.45, 7) is 7.03. The Labute approximate surface area is 111 Å². The molecule has 2 heterocycles. The standard InChI is InChI=1S/C14H16N2OS/c1-14(2,3)16-13-15-12-9-6-4-5-7-10(9)17-8-11(12)18-13/h4-7H,8H2,1-3H3,(H,15,16). The number of ether oxygens (including phenoxy) is 1. The quantitative estimate of drug-likeness (QED) is 0.844. The monoisotopic (exact) mass is 260 g/mol. The fraction of sp³-hybridized carbons (Fsp3) is 0.357. The van der Waals surface area contributed by atoms with Gasteiger partial charge in [0, 0.05) is 11.1 Å². The average molecular weight is 260 g/mol. The highest BCUT2D eigenvalue weighted by molar-refractivity contribution is 7.16. The summed E-state index contributed by atoms with van der Waals surface area (Å²) >= 11 is 1.68. The first-order chi connectivity index (χ1) is 8.53. The van der Waals surface area contributed by atoms with Gasteiger partial charge in [-0.3, -0.25) is 0 Å².